The monoisotopic (exact) mass is 314 g/mol. The van der Waals surface area contributed by atoms with Crippen molar-refractivity contribution in [3.05, 3.63) is 40.4 Å². The second-order valence-corrected chi connectivity index (χ2v) is 6.29. The second kappa shape index (κ2) is 6.94. The number of carbonyl (C=O) groups is 1. The number of benzene rings is 1. The molecule has 5 nitrogen and oxygen atoms in total. The van der Waals surface area contributed by atoms with Crippen LogP contribution in [0.4, 0.5) is 0 Å². The lowest BCUT2D eigenvalue weighted by molar-refractivity contribution is -0.149. The third-order valence-corrected chi connectivity index (χ3v) is 4.56. The topological polar surface area (TPSA) is 72.0 Å². The Bertz CT molecular complexity index is 747. The summed E-state index contributed by atoms with van der Waals surface area (Å²) in [7, 11) is 0. The molecule has 0 amide bonds. The van der Waals surface area contributed by atoms with Crippen LogP contribution < -0.4 is 5.56 Å². The number of H-pyrrole nitrogens is 1. The fourth-order valence-corrected chi connectivity index (χ4v) is 3.23. The smallest absolute Gasteiger partial charge is 0.306 e. The average molecular weight is 314 g/mol. The van der Waals surface area contributed by atoms with Crippen molar-refractivity contribution in [2.75, 3.05) is 0 Å². The molecule has 0 aliphatic heterocycles. The van der Waals surface area contributed by atoms with Gasteiger partial charge in [-0.2, -0.15) is 0 Å². The molecule has 0 saturated heterocycles. The first-order valence-corrected chi connectivity index (χ1v) is 8.32. The molecule has 1 heterocycles. The summed E-state index contributed by atoms with van der Waals surface area (Å²) >= 11 is 0. The third kappa shape index (κ3) is 3.78. The van der Waals surface area contributed by atoms with Crippen molar-refractivity contribution in [2.45, 2.75) is 51.6 Å². The zero-order valence-electron chi connectivity index (χ0n) is 13.4. The van der Waals surface area contributed by atoms with E-state index in [0.29, 0.717) is 29.1 Å². The van der Waals surface area contributed by atoms with Crippen molar-refractivity contribution in [2.24, 2.45) is 5.92 Å². The second-order valence-electron chi connectivity index (χ2n) is 6.29. The quantitative estimate of drug-likeness (QED) is 0.857. The fourth-order valence-electron chi connectivity index (χ4n) is 3.23. The maximum absolute atomic E-state index is 12.1. The number of fused-ring (bicyclic) bond motifs is 1. The number of hydrogen-bond acceptors (Lipinski definition) is 4. The van der Waals surface area contributed by atoms with Crippen LogP contribution >= 0.6 is 0 Å². The van der Waals surface area contributed by atoms with Crippen molar-refractivity contribution >= 4 is 16.9 Å². The molecule has 2 aromatic rings. The molecule has 1 aliphatic carbocycles. The Hall–Kier alpha value is -2.17. The lowest BCUT2D eigenvalue weighted by Gasteiger charge is -2.14. The predicted octanol–water partition coefficient (Wildman–Crippen LogP) is 3.50. The van der Waals surface area contributed by atoms with Crippen molar-refractivity contribution in [1.29, 1.82) is 0 Å². The zero-order valence-corrected chi connectivity index (χ0v) is 13.4. The Morgan fingerprint density at radius 1 is 1.35 bits per heavy atom. The maximum Gasteiger partial charge on any atom is 0.306 e. The standard InChI is InChI=1S/C18H22N2O3/c1-12(23-16(21)11-10-13-6-2-3-7-13)17-19-15-9-5-4-8-14(15)18(22)20-17/h4-5,8-9,12-13H,2-3,6-7,10-11H2,1H3,(H,19,20,22)/t12-/m0/s1. The Morgan fingerprint density at radius 3 is 2.87 bits per heavy atom. The highest BCUT2D eigenvalue weighted by molar-refractivity contribution is 5.77. The molecule has 1 N–H and O–H groups in total. The first-order valence-electron chi connectivity index (χ1n) is 8.32. The van der Waals surface area contributed by atoms with E-state index in [1.54, 1.807) is 25.1 Å². The number of nitrogens with one attached hydrogen (secondary N) is 1. The molecule has 5 heteroatoms. The minimum atomic E-state index is -0.552. The number of nitrogens with zero attached hydrogens (tertiary/aromatic N) is 1. The molecule has 1 saturated carbocycles. The third-order valence-electron chi connectivity index (χ3n) is 4.56. The lowest BCUT2D eigenvalue weighted by atomic mass is 10.0. The van der Waals surface area contributed by atoms with E-state index in [1.165, 1.54) is 25.7 Å². The number of ether oxygens (including phenoxy) is 1. The van der Waals surface area contributed by atoms with Crippen LogP contribution in [0.5, 0.6) is 0 Å². The van der Waals surface area contributed by atoms with Crippen molar-refractivity contribution in [3.8, 4) is 0 Å². The molecule has 1 aromatic carbocycles. The summed E-state index contributed by atoms with van der Waals surface area (Å²) in [4.78, 5) is 31.1. The predicted molar refractivity (Wildman–Crippen MR) is 88.1 cm³/mol. The minimum absolute atomic E-state index is 0.209. The van der Waals surface area contributed by atoms with Gasteiger partial charge in [0, 0.05) is 6.42 Å². The molecule has 23 heavy (non-hydrogen) atoms. The van der Waals surface area contributed by atoms with E-state index in [-0.39, 0.29) is 11.5 Å². The van der Waals surface area contributed by atoms with E-state index in [1.807, 2.05) is 6.07 Å². The van der Waals surface area contributed by atoms with Crippen LogP contribution in [0.3, 0.4) is 0 Å². The van der Waals surface area contributed by atoms with Gasteiger partial charge in [0.25, 0.3) is 5.56 Å². The Kier molecular flexibility index (Phi) is 4.74. The average Bonchev–Trinajstić information content (AvgIpc) is 3.06. The lowest BCUT2D eigenvalue weighted by Crippen LogP contribution is -2.17. The van der Waals surface area contributed by atoms with Gasteiger partial charge in [-0.05, 0) is 31.4 Å². The Labute approximate surface area is 135 Å². The van der Waals surface area contributed by atoms with Crippen molar-refractivity contribution < 1.29 is 9.53 Å². The summed E-state index contributed by atoms with van der Waals surface area (Å²) in [6.45, 7) is 1.74. The summed E-state index contributed by atoms with van der Waals surface area (Å²) in [5, 5.41) is 0.538. The van der Waals surface area contributed by atoms with Crippen LogP contribution in [0.25, 0.3) is 10.9 Å². The SMILES string of the molecule is C[C@H](OC(=O)CCC1CCCC1)c1nc2ccccc2c(=O)[nH]1. The number of para-hydroxylation sites is 1. The number of aromatic nitrogens is 2. The largest absolute Gasteiger partial charge is 0.454 e. The minimum Gasteiger partial charge on any atom is -0.454 e. The molecule has 1 aliphatic rings. The van der Waals surface area contributed by atoms with Crippen LogP contribution in [0, 0.1) is 5.92 Å². The highest BCUT2D eigenvalue weighted by Gasteiger charge is 2.19. The molecular weight excluding hydrogens is 292 g/mol. The first kappa shape index (κ1) is 15.7. The normalized spacial score (nSPS) is 16.6. The van der Waals surface area contributed by atoms with Gasteiger partial charge >= 0.3 is 5.97 Å². The number of rotatable bonds is 5. The zero-order chi connectivity index (χ0) is 16.2. The molecule has 122 valence electrons. The van der Waals surface area contributed by atoms with Gasteiger partial charge in [0.15, 0.2) is 11.9 Å². The van der Waals surface area contributed by atoms with E-state index in [4.69, 9.17) is 4.74 Å². The van der Waals surface area contributed by atoms with Gasteiger partial charge in [0.1, 0.15) is 0 Å². The van der Waals surface area contributed by atoms with Crippen LogP contribution in [0.1, 0.15) is 57.4 Å². The van der Waals surface area contributed by atoms with Gasteiger partial charge in [0.05, 0.1) is 10.9 Å². The molecule has 1 aromatic heterocycles. The summed E-state index contributed by atoms with van der Waals surface area (Å²) in [5.41, 5.74) is 0.402. The van der Waals surface area contributed by atoms with Gasteiger partial charge in [-0.3, -0.25) is 9.59 Å². The van der Waals surface area contributed by atoms with E-state index < -0.39 is 6.10 Å². The Balaban J connectivity index is 1.64. The molecular formula is C18H22N2O3. The summed E-state index contributed by atoms with van der Waals surface area (Å²) < 4.78 is 5.43. The van der Waals surface area contributed by atoms with Gasteiger partial charge in [0.2, 0.25) is 0 Å². The Morgan fingerprint density at radius 2 is 2.09 bits per heavy atom. The van der Waals surface area contributed by atoms with E-state index in [2.05, 4.69) is 9.97 Å². The van der Waals surface area contributed by atoms with Gasteiger partial charge in [-0.15, -0.1) is 0 Å². The summed E-state index contributed by atoms with van der Waals surface area (Å²) in [6.07, 6.45) is 5.78. The van der Waals surface area contributed by atoms with Crippen molar-refractivity contribution in [3.63, 3.8) is 0 Å². The van der Waals surface area contributed by atoms with Gasteiger partial charge in [-0.25, -0.2) is 4.98 Å². The first-order chi connectivity index (χ1) is 11.1. The van der Waals surface area contributed by atoms with Crippen LogP contribution in [-0.4, -0.2) is 15.9 Å². The van der Waals surface area contributed by atoms with Crippen LogP contribution in [-0.2, 0) is 9.53 Å². The number of esters is 1. The molecule has 0 spiro atoms. The van der Waals surface area contributed by atoms with Crippen LogP contribution in [0.2, 0.25) is 0 Å². The summed E-state index contributed by atoms with van der Waals surface area (Å²) in [6, 6.07) is 7.13. The number of carbonyl (C=O) groups excluding carboxylic acids is 1. The highest BCUT2D eigenvalue weighted by atomic mass is 16.5. The van der Waals surface area contributed by atoms with Crippen molar-refractivity contribution in [1.82, 2.24) is 9.97 Å². The van der Waals surface area contributed by atoms with Crippen LogP contribution in [0.15, 0.2) is 29.1 Å². The molecule has 0 unspecified atom stereocenters. The van der Waals surface area contributed by atoms with E-state index in [0.717, 1.165) is 6.42 Å². The molecule has 3 rings (SSSR count). The molecule has 1 fully saturated rings. The van der Waals surface area contributed by atoms with E-state index >= 15 is 0 Å². The summed E-state index contributed by atoms with van der Waals surface area (Å²) in [5.74, 6) is 0.833. The van der Waals surface area contributed by atoms with Gasteiger partial charge < -0.3 is 9.72 Å². The van der Waals surface area contributed by atoms with E-state index in [9.17, 15) is 9.59 Å². The maximum atomic E-state index is 12.1. The van der Waals surface area contributed by atoms with Gasteiger partial charge in [-0.1, -0.05) is 37.8 Å². The highest BCUT2D eigenvalue weighted by Crippen LogP contribution is 2.28. The molecule has 0 radical (unpaired) electrons. The number of aromatic amines is 1. The number of hydrogen-bond donors (Lipinski definition) is 1. The molecule has 0 bridgehead atoms. The fraction of sp³-hybridized carbons (Fsp3) is 0.500. The molecule has 1 atom stereocenters.